The van der Waals surface area contributed by atoms with Gasteiger partial charge >= 0.3 is 37.7 Å². The monoisotopic (exact) mass is 1000 g/mol. The summed E-state index contributed by atoms with van der Waals surface area (Å²) in [6.45, 7) is 7.41. The molecule has 0 spiro atoms. The molecule has 1 heterocycles. The van der Waals surface area contributed by atoms with Gasteiger partial charge in [-0.15, -0.1) is 0 Å². The molecule has 0 saturated carbocycles. The maximum absolute atomic E-state index is 13.5. The molecule has 23 heteroatoms. The Hall–Kier alpha value is -4.52. The molecule has 2 aromatic carbocycles. The van der Waals surface area contributed by atoms with Crippen molar-refractivity contribution in [3.05, 3.63) is 101 Å². The van der Waals surface area contributed by atoms with Crippen molar-refractivity contribution in [3.8, 4) is 11.3 Å². The van der Waals surface area contributed by atoms with Gasteiger partial charge in [-0.05, 0) is 66.4 Å². The molecule has 0 radical (unpaired) electrons. The van der Waals surface area contributed by atoms with Crippen LogP contribution in [0.1, 0.15) is 76.1 Å². The van der Waals surface area contributed by atoms with Crippen molar-refractivity contribution in [3.63, 3.8) is 0 Å². The number of aliphatic hydroxyl groups excluding tert-OH is 4. The number of carbonyl (C=O) groups excluding carboxylic acids is 2. The molecule has 4 N–H and O–H groups in total. The first kappa shape index (κ1) is 60.5. The van der Waals surface area contributed by atoms with Gasteiger partial charge in [-0.25, -0.2) is 54.2 Å². The number of carboxylic acids is 2. The first-order valence-electron chi connectivity index (χ1n) is 20.2. The number of sulfonamides is 2. The predicted octanol–water partition coefficient (Wildman–Crippen LogP) is 1.64. The van der Waals surface area contributed by atoms with Gasteiger partial charge in [0.15, 0.2) is 0 Å². The number of nitrogens with zero attached hydrogens (tertiary/aromatic N) is 6. The quantitative estimate of drug-likeness (QED) is 0.0542. The third kappa shape index (κ3) is 22.0. The number of hydrogen-bond donors (Lipinski definition) is 4. The van der Waals surface area contributed by atoms with Crippen LogP contribution in [0, 0.1) is 17.6 Å². The molecule has 3 aromatic rings. The van der Waals surface area contributed by atoms with Gasteiger partial charge in [0.05, 0.1) is 54.0 Å². The van der Waals surface area contributed by atoms with Crippen LogP contribution < -0.4 is 14.5 Å². The van der Waals surface area contributed by atoms with Crippen molar-refractivity contribution in [1.29, 1.82) is 0 Å². The standard InChI is InChI=1S/C22H28FN3O6S.C22H30FN3O6S.Ca/c1-13(2)20-18(10-9-16(27)11-17(28)12-19(29)30)21(14-5-7-15(23)8-6-14)25-22(24-20)26(3)33(4,31)32;1-15(2)14-24-22(26(3)33(4,31)32)25-20(16-8-10-17(23)11-9-16)7-5-6-18(27)12-19(28)13-21(29)30;/h5-10,13,16-17,27-28H,11-12H2,1-4H3,(H,29,30);5-11,14-15,18-19,27-28H,12-13H2,1-4H3,(H,29,30);/q;;+2/p-2/b10-9+;6-5+,20-7+,24-14+,25-22-;/t16-,17-;18-,19-;/m11./s1. The number of rotatable bonds is 20. The number of hydrogen-bond acceptors (Lipinski definition) is 15. The molecule has 18 nitrogen and oxygen atoms in total. The van der Waals surface area contributed by atoms with Crippen LogP contribution in [0.3, 0.4) is 0 Å². The van der Waals surface area contributed by atoms with E-state index in [4.69, 9.17) is 0 Å². The maximum Gasteiger partial charge on any atom is 2.00 e. The summed E-state index contributed by atoms with van der Waals surface area (Å²) in [5.41, 5.74) is 2.43. The molecule has 0 unspecified atom stereocenters. The number of aliphatic carboxylic acids is 2. The Morgan fingerprint density at radius 1 is 0.776 bits per heavy atom. The molecule has 0 amide bonds. The SMILES string of the molecule is CC(C)/C=N/C(=N/C(=C/C=C/[C@@H](O)C[C@@H](O)CC(=O)[O-])c1ccc(F)cc1)N(C)S(C)(=O)=O.CC(C)c1nc(N(C)S(C)(=O)=O)nc(-c2ccc(F)cc2)c1/C=C/[C@@H](O)C[C@@H](O)CC(=O)[O-].[Ca+2]. The van der Waals surface area contributed by atoms with Gasteiger partial charge in [-0.2, -0.15) is 0 Å². The number of halogens is 2. The maximum atomic E-state index is 13.5. The zero-order valence-electron chi connectivity index (χ0n) is 38.4. The minimum absolute atomic E-state index is 0. The van der Waals surface area contributed by atoms with Crippen LogP contribution in [-0.4, -0.2) is 164 Å². The van der Waals surface area contributed by atoms with Gasteiger partial charge in [0.25, 0.3) is 0 Å². The van der Waals surface area contributed by atoms with Crippen molar-refractivity contribution in [2.45, 2.75) is 83.7 Å². The molecule has 0 saturated heterocycles. The van der Waals surface area contributed by atoms with Gasteiger partial charge < -0.3 is 40.2 Å². The molecule has 1 aromatic heterocycles. The smallest absolute Gasteiger partial charge is 0.550 e. The van der Waals surface area contributed by atoms with Gasteiger partial charge in [-0.3, -0.25) is 0 Å². The third-order valence-corrected chi connectivity index (χ3v) is 11.3. The van der Waals surface area contributed by atoms with Gasteiger partial charge in [0.1, 0.15) is 11.6 Å². The van der Waals surface area contributed by atoms with Crippen LogP contribution in [0.5, 0.6) is 0 Å². The largest absolute Gasteiger partial charge is 2.00 e. The molecule has 3 rings (SSSR count). The number of aliphatic imine (C=N–C) groups is 2. The Labute approximate surface area is 420 Å². The van der Waals surface area contributed by atoms with Crippen molar-refractivity contribution in [2.75, 3.05) is 30.9 Å². The van der Waals surface area contributed by atoms with Gasteiger partial charge in [0.2, 0.25) is 32.0 Å². The summed E-state index contributed by atoms with van der Waals surface area (Å²) in [5, 5.41) is 60.7. The summed E-state index contributed by atoms with van der Waals surface area (Å²) < 4.78 is 77.0. The normalized spacial score (nSPS) is 14.4. The van der Waals surface area contributed by atoms with E-state index < -0.39 is 80.9 Å². The first-order valence-corrected chi connectivity index (χ1v) is 23.9. The number of aromatic nitrogens is 2. The van der Waals surface area contributed by atoms with E-state index in [9.17, 15) is 65.8 Å². The number of aliphatic hydroxyl groups is 4. The average Bonchev–Trinajstić information content (AvgIpc) is 3.19. The Balaban J connectivity index is 0.000000660. The summed E-state index contributed by atoms with van der Waals surface area (Å²) in [6, 6.07) is 10.8. The summed E-state index contributed by atoms with van der Waals surface area (Å²) in [6.07, 6.45) is 3.98. The molecule has 67 heavy (non-hydrogen) atoms. The topological polar surface area (TPSA) is 286 Å². The van der Waals surface area contributed by atoms with E-state index >= 15 is 0 Å². The number of carbonyl (C=O) groups is 2. The Bertz CT molecular complexity index is 2490. The fourth-order valence-corrected chi connectivity index (χ4v) is 6.18. The Morgan fingerprint density at radius 3 is 1.72 bits per heavy atom. The minimum atomic E-state index is -3.68. The van der Waals surface area contributed by atoms with Crippen LogP contribution in [0.2, 0.25) is 0 Å². The molecule has 0 fully saturated rings. The summed E-state index contributed by atoms with van der Waals surface area (Å²) in [7, 11) is -4.72. The molecule has 0 aliphatic rings. The molecular weight excluding hydrogens is 947 g/mol. The van der Waals surface area contributed by atoms with E-state index in [1.54, 1.807) is 0 Å². The van der Waals surface area contributed by atoms with Crippen molar-refractivity contribution >= 4 is 99.6 Å². The van der Waals surface area contributed by atoms with Crippen LogP contribution in [0.4, 0.5) is 14.7 Å². The van der Waals surface area contributed by atoms with Crippen molar-refractivity contribution < 1.29 is 65.8 Å². The first-order chi connectivity index (χ1) is 30.6. The zero-order chi connectivity index (χ0) is 50.1. The Kier molecular flexibility index (Phi) is 25.4. The second kappa shape index (κ2) is 28.1. The molecular formula is C44H56CaF2N6O12S2. The van der Waals surface area contributed by atoms with Crippen LogP contribution in [0.15, 0.2) is 82.8 Å². The summed E-state index contributed by atoms with van der Waals surface area (Å²) in [4.78, 5) is 38.5. The molecule has 362 valence electrons. The van der Waals surface area contributed by atoms with Crippen LogP contribution >= 0.6 is 0 Å². The van der Waals surface area contributed by atoms with E-state index in [0.29, 0.717) is 28.1 Å². The molecule has 0 bridgehead atoms. The number of benzene rings is 2. The van der Waals surface area contributed by atoms with Crippen molar-refractivity contribution in [1.82, 2.24) is 14.3 Å². The summed E-state index contributed by atoms with van der Waals surface area (Å²) in [5.74, 6) is -4.15. The zero-order valence-corrected chi connectivity index (χ0v) is 42.2. The van der Waals surface area contributed by atoms with E-state index in [2.05, 4.69) is 20.0 Å². The molecule has 4 atom stereocenters. The predicted molar refractivity (Wildman–Crippen MR) is 249 cm³/mol. The minimum Gasteiger partial charge on any atom is -0.550 e. The molecule has 0 aliphatic heterocycles. The second-order valence-corrected chi connectivity index (χ2v) is 19.6. The summed E-state index contributed by atoms with van der Waals surface area (Å²) >= 11 is 0. The van der Waals surface area contributed by atoms with Crippen molar-refractivity contribution in [2.24, 2.45) is 15.9 Å². The van der Waals surface area contributed by atoms with E-state index in [1.165, 1.54) is 99.2 Å². The second-order valence-electron chi connectivity index (χ2n) is 15.6. The number of guanidine groups is 1. The van der Waals surface area contributed by atoms with E-state index in [-0.39, 0.29) is 80.0 Å². The van der Waals surface area contributed by atoms with Crippen LogP contribution in [-0.2, 0) is 29.6 Å². The third-order valence-electron chi connectivity index (χ3n) is 8.94. The number of carboxylic acid groups (broad SMARTS) is 2. The van der Waals surface area contributed by atoms with E-state index in [1.807, 2.05) is 27.7 Å². The number of allylic oxidation sites excluding steroid dienone is 2. The van der Waals surface area contributed by atoms with Gasteiger partial charge in [-0.1, -0.05) is 52.0 Å². The molecule has 0 aliphatic carbocycles. The Morgan fingerprint density at radius 2 is 1.27 bits per heavy atom. The number of anilines is 1. The average molecular weight is 1000 g/mol. The van der Waals surface area contributed by atoms with E-state index in [0.717, 1.165) is 21.1 Å². The van der Waals surface area contributed by atoms with Gasteiger partial charge in [0, 0.05) is 74.6 Å². The van der Waals surface area contributed by atoms with Crippen LogP contribution in [0.25, 0.3) is 23.0 Å². The fourth-order valence-electron chi connectivity index (χ4n) is 5.42. The fraction of sp³-hybridized carbons (Fsp3) is 0.409.